The average Bonchev–Trinajstić information content (AvgIpc) is 3.08. The minimum atomic E-state index is -0.489. The summed E-state index contributed by atoms with van der Waals surface area (Å²) in [5.41, 5.74) is 0.485. The van der Waals surface area contributed by atoms with Gasteiger partial charge in [0.15, 0.2) is 5.96 Å². The molecule has 178 valence electrons. The lowest BCUT2D eigenvalue weighted by atomic mass is 10.2. The van der Waals surface area contributed by atoms with Gasteiger partial charge in [0.25, 0.3) is 0 Å². The normalized spacial score (nSPS) is 15.4. The van der Waals surface area contributed by atoms with Crippen molar-refractivity contribution in [3.8, 4) is 0 Å². The second-order valence-electron chi connectivity index (χ2n) is 8.63. The van der Waals surface area contributed by atoms with E-state index in [1.165, 1.54) is 0 Å². The Morgan fingerprint density at radius 3 is 2.48 bits per heavy atom. The van der Waals surface area contributed by atoms with E-state index >= 15 is 0 Å². The molecular formula is C21H39IN6O3. The number of aryl methyl sites for hydroxylation is 1. The fraction of sp³-hybridized carbons (Fsp3) is 0.762. The van der Waals surface area contributed by atoms with Crippen LogP contribution in [0.15, 0.2) is 15.6 Å². The Hall–Kier alpha value is -1.56. The lowest BCUT2D eigenvalue weighted by Gasteiger charge is -2.36. The Kier molecular flexibility index (Phi) is 11.6. The first-order chi connectivity index (χ1) is 14.2. The molecule has 1 aromatic rings. The molecule has 0 unspecified atom stereocenters. The number of carbonyl (C=O) groups excluding carboxylic acids is 1. The van der Waals surface area contributed by atoms with E-state index in [0.29, 0.717) is 19.6 Å². The zero-order valence-electron chi connectivity index (χ0n) is 19.8. The molecule has 0 bridgehead atoms. The third-order valence-electron chi connectivity index (χ3n) is 4.76. The molecule has 0 aliphatic carbocycles. The zero-order valence-corrected chi connectivity index (χ0v) is 22.1. The van der Waals surface area contributed by atoms with E-state index in [9.17, 15) is 4.79 Å². The van der Waals surface area contributed by atoms with Gasteiger partial charge in [-0.05, 0) is 34.1 Å². The first kappa shape index (κ1) is 27.5. The molecule has 1 N–H and O–H groups in total. The summed E-state index contributed by atoms with van der Waals surface area (Å²) in [4.78, 5) is 23.2. The molecule has 31 heavy (non-hydrogen) atoms. The van der Waals surface area contributed by atoms with Crippen molar-refractivity contribution in [2.75, 3.05) is 52.9 Å². The van der Waals surface area contributed by atoms with Crippen molar-refractivity contribution >= 4 is 36.0 Å². The lowest BCUT2D eigenvalue weighted by molar-refractivity contribution is 0.0253. The standard InChI is InChI=1S/C21H38N6O3.HI/c1-7-9-27(20(28)29-21(3,4)5)10-8-23-19(22-6)26-13-11-25(12-14-26)16-18-15-17(2)30-24-18;/h15H,7-14,16H2,1-6H3,(H,22,23);1H. The van der Waals surface area contributed by atoms with Crippen LogP contribution in [-0.2, 0) is 11.3 Å². The highest BCUT2D eigenvalue weighted by Gasteiger charge is 2.23. The second kappa shape index (κ2) is 13.1. The van der Waals surface area contributed by atoms with Crippen LogP contribution < -0.4 is 5.32 Å². The van der Waals surface area contributed by atoms with Crippen LogP contribution in [0, 0.1) is 6.92 Å². The number of hydrogen-bond donors (Lipinski definition) is 1. The van der Waals surface area contributed by atoms with Gasteiger partial charge in [0, 0.05) is 65.5 Å². The number of carbonyl (C=O) groups is 1. The van der Waals surface area contributed by atoms with Crippen LogP contribution in [0.3, 0.4) is 0 Å². The number of aromatic nitrogens is 1. The van der Waals surface area contributed by atoms with Gasteiger partial charge in [-0.3, -0.25) is 9.89 Å². The third-order valence-corrected chi connectivity index (χ3v) is 4.76. The van der Waals surface area contributed by atoms with Crippen molar-refractivity contribution in [3.63, 3.8) is 0 Å². The summed E-state index contributed by atoms with van der Waals surface area (Å²) in [5, 5.41) is 7.47. The number of aliphatic imine (C=N–C) groups is 1. The molecule has 0 atom stereocenters. The van der Waals surface area contributed by atoms with E-state index < -0.39 is 5.60 Å². The number of nitrogens with one attached hydrogen (secondary N) is 1. The SMILES string of the molecule is CCCN(CCNC(=NC)N1CCN(Cc2cc(C)on2)CC1)C(=O)OC(C)(C)C.I. The maximum absolute atomic E-state index is 12.4. The Labute approximate surface area is 203 Å². The molecule has 0 spiro atoms. The Morgan fingerprint density at radius 2 is 1.97 bits per heavy atom. The largest absolute Gasteiger partial charge is 0.444 e. The van der Waals surface area contributed by atoms with Crippen LogP contribution in [-0.4, -0.2) is 90.4 Å². The van der Waals surface area contributed by atoms with E-state index in [4.69, 9.17) is 9.26 Å². The van der Waals surface area contributed by atoms with Crippen LogP contribution in [0.1, 0.15) is 45.6 Å². The first-order valence-corrected chi connectivity index (χ1v) is 10.8. The van der Waals surface area contributed by atoms with Crippen LogP contribution in [0.25, 0.3) is 0 Å². The van der Waals surface area contributed by atoms with Crippen LogP contribution in [0.5, 0.6) is 0 Å². The Morgan fingerprint density at radius 1 is 1.29 bits per heavy atom. The molecule has 0 saturated carbocycles. The van der Waals surface area contributed by atoms with Gasteiger partial charge in [-0.25, -0.2) is 4.79 Å². The van der Waals surface area contributed by atoms with Crippen LogP contribution in [0.4, 0.5) is 4.79 Å². The lowest BCUT2D eigenvalue weighted by Crippen LogP contribution is -2.53. The van der Waals surface area contributed by atoms with Gasteiger partial charge in [0.2, 0.25) is 0 Å². The topological polar surface area (TPSA) is 86.4 Å². The molecule has 1 fully saturated rings. The number of amides is 1. The monoisotopic (exact) mass is 550 g/mol. The molecule has 0 aromatic carbocycles. The van der Waals surface area contributed by atoms with E-state index in [0.717, 1.165) is 56.6 Å². The number of nitrogens with zero attached hydrogens (tertiary/aromatic N) is 5. The highest BCUT2D eigenvalue weighted by molar-refractivity contribution is 14.0. The molecule has 1 aliphatic heterocycles. The second-order valence-corrected chi connectivity index (χ2v) is 8.63. The minimum absolute atomic E-state index is 0. The Bertz CT molecular complexity index is 696. The highest BCUT2D eigenvalue weighted by Crippen LogP contribution is 2.11. The fourth-order valence-corrected chi connectivity index (χ4v) is 3.37. The smallest absolute Gasteiger partial charge is 0.410 e. The predicted molar refractivity (Wildman–Crippen MR) is 133 cm³/mol. The van der Waals surface area contributed by atoms with Crippen LogP contribution >= 0.6 is 24.0 Å². The maximum atomic E-state index is 12.4. The summed E-state index contributed by atoms with van der Waals surface area (Å²) in [6.07, 6.45) is 0.624. The van der Waals surface area contributed by atoms with Gasteiger partial charge in [0.05, 0.1) is 5.69 Å². The molecule has 1 amide bonds. The summed E-state index contributed by atoms with van der Waals surface area (Å²) in [6.45, 7) is 16.0. The number of hydrogen-bond acceptors (Lipinski definition) is 6. The molecule has 2 heterocycles. The summed E-state index contributed by atoms with van der Waals surface area (Å²) >= 11 is 0. The zero-order chi connectivity index (χ0) is 22.1. The van der Waals surface area contributed by atoms with Gasteiger partial charge >= 0.3 is 6.09 Å². The summed E-state index contributed by atoms with van der Waals surface area (Å²) in [7, 11) is 1.80. The summed E-state index contributed by atoms with van der Waals surface area (Å²) in [5.74, 6) is 1.71. The van der Waals surface area contributed by atoms with Crippen molar-refractivity contribution in [3.05, 3.63) is 17.5 Å². The molecule has 1 aliphatic rings. The quantitative estimate of drug-likeness (QED) is 0.318. The van der Waals surface area contributed by atoms with Crippen molar-refractivity contribution in [1.82, 2.24) is 25.2 Å². The van der Waals surface area contributed by atoms with Gasteiger partial charge in [0.1, 0.15) is 11.4 Å². The summed E-state index contributed by atoms with van der Waals surface area (Å²) in [6, 6.07) is 1.99. The molecule has 10 heteroatoms. The third kappa shape index (κ3) is 9.63. The molecule has 2 rings (SSSR count). The van der Waals surface area contributed by atoms with Crippen molar-refractivity contribution < 1.29 is 14.1 Å². The van der Waals surface area contributed by atoms with E-state index in [2.05, 4.69) is 32.2 Å². The van der Waals surface area contributed by atoms with E-state index in [1.807, 2.05) is 33.8 Å². The van der Waals surface area contributed by atoms with Crippen molar-refractivity contribution in [1.29, 1.82) is 0 Å². The van der Waals surface area contributed by atoms with Crippen molar-refractivity contribution in [2.45, 2.75) is 53.2 Å². The molecule has 9 nitrogen and oxygen atoms in total. The highest BCUT2D eigenvalue weighted by atomic mass is 127. The molecular weight excluding hydrogens is 511 g/mol. The maximum Gasteiger partial charge on any atom is 0.410 e. The first-order valence-electron chi connectivity index (χ1n) is 10.8. The van der Waals surface area contributed by atoms with Gasteiger partial charge in [-0.2, -0.15) is 0 Å². The fourth-order valence-electron chi connectivity index (χ4n) is 3.37. The van der Waals surface area contributed by atoms with Crippen molar-refractivity contribution in [2.24, 2.45) is 4.99 Å². The summed E-state index contributed by atoms with van der Waals surface area (Å²) < 4.78 is 10.7. The molecule has 1 aromatic heterocycles. The number of ether oxygens (including phenoxy) is 1. The number of rotatable bonds is 7. The number of guanidine groups is 1. The minimum Gasteiger partial charge on any atom is -0.444 e. The molecule has 0 radical (unpaired) electrons. The Balaban J connectivity index is 0.00000480. The number of piperazine rings is 1. The van der Waals surface area contributed by atoms with Gasteiger partial charge < -0.3 is 24.4 Å². The van der Waals surface area contributed by atoms with E-state index in [-0.39, 0.29) is 30.1 Å². The van der Waals surface area contributed by atoms with Gasteiger partial charge in [-0.15, -0.1) is 24.0 Å². The van der Waals surface area contributed by atoms with Gasteiger partial charge in [-0.1, -0.05) is 12.1 Å². The molecule has 1 saturated heterocycles. The van der Waals surface area contributed by atoms with Crippen LogP contribution in [0.2, 0.25) is 0 Å². The number of halogens is 1. The average molecular weight is 550 g/mol. The predicted octanol–water partition coefficient (Wildman–Crippen LogP) is 2.94. The van der Waals surface area contributed by atoms with E-state index in [1.54, 1.807) is 11.9 Å².